The first-order valence-electron chi connectivity index (χ1n) is 17.2. The third-order valence-corrected chi connectivity index (χ3v) is 10.1. The van der Waals surface area contributed by atoms with Gasteiger partial charge in [0.2, 0.25) is 0 Å². The van der Waals surface area contributed by atoms with Crippen molar-refractivity contribution in [3.63, 3.8) is 0 Å². The van der Waals surface area contributed by atoms with E-state index in [0.29, 0.717) is 5.56 Å². The Morgan fingerprint density at radius 1 is 0.830 bits per heavy atom. The van der Waals surface area contributed by atoms with Gasteiger partial charge in [0.1, 0.15) is 11.9 Å². The summed E-state index contributed by atoms with van der Waals surface area (Å²) in [6, 6.07) is 26.6. The molecule has 5 rings (SSSR count). The number of nitrogens with zero attached hydrogens (tertiary/aromatic N) is 3. The zero-order valence-electron chi connectivity index (χ0n) is 29.9. The van der Waals surface area contributed by atoms with Crippen LogP contribution in [0, 0.1) is 0 Å². The molecule has 1 aromatic heterocycles. The smallest absolute Gasteiger partial charge is 0.351 e. The molecule has 1 N–H and O–H groups in total. The molecular formula is C39H43N4O9P. The molecule has 2 heterocycles. The molecule has 0 bridgehead atoms. The highest BCUT2D eigenvalue weighted by molar-refractivity contribution is 7.44. The van der Waals surface area contributed by atoms with E-state index in [0.717, 1.165) is 4.57 Å². The van der Waals surface area contributed by atoms with Gasteiger partial charge in [0.25, 0.3) is 14.4 Å². The van der Waals surface area contributed by atoms with E-state index >= 15 is 0 Å². The van der Waals surface area contributed by atoms with Crippen molar-refractivity contribution in [1.29, 1.82) is 0 Å². The summed E-state index contributed by atoms with van der Waals surface area (Å²) in [4.78, 5) is 57.6. The van der Waals surface area contributed by atoms with E-state index in [9.17, 15) is 19.2 Å². The van der Waals surface area contributed by atoms with Crippen LogP contribution in [0.1, 0.15) is 65.0 Å². The molecule has 1 aliphatic heterocycles. The monoisotopic (exact) mass is 742 g/mol. The van der Waals surface area contributed by atoms with Crippen LogP contribution < -0.4 is 11.0 Å². The average Bonchev–Trinajstić information content (AvgIpc) is 3.48. The first-order chi connectivity index (χ1) is 25.6. The first-order valence-corrected chi connectivity index (χ1v) is 18.3. The van der Waals surface area contributed by atoms with Crippen LogP contribution in [0.25, 0.3) is 0 Å². The van der Waals surface area contributed by atoms with Crippen LogP contribution in [0.15, 0.2) is 121 Å². The third-order valence-electron chi connectivity index (χ3n) is 8.07. The number of hydrogen-bond donors (Lipinski definition) is 1. The summed E-state index contributed by atoms with van der Waals surface area (Å²) < 4.78 is 34.2. The molecule has 4 aromatic rings. The number of benzene rings is 3. The lowest BCUT2D eigenvalue weighted by atomic mass is 10.1. The molecule has 1 unspecified atom stereocenters. The van der Waals surface area contributed by atoms with Crippen molar-refractivity contribution in [2.75, 3.05) is 18.5 Å². The molecule has 1 amide bonds. The van der Waals surface area contributed by atoms with Crippen LogP contribution in [0.3, 0.4) is 0 Å². The molecule has 0 saturated carbocycles. The van der Waals surface area contributed by atoms with Gasteiger partial charge in [-0.1, -0.05) is 60.7 Å². The van der Waals surface area contributed by atoms with Crippen molar-refractivity contribution in [3.05, 3.63) is 143 Å². The largest absolute Gasteiger partial charge is 0.452 e. The minimum absolute atomic E-state index is 0.00431. The van der Waals surface area contributed by atoms with E-state index in [2.05, 4.69) is 21.6 Å². The lowest BCUT2D eigenvalue weighted by Gasteiger charge is -2.36. The quantitative estimate of drug-likeness (QED) is 0.0772. The predicted molar refractivity (Wildman–Crippen MR) is 199 cm³/mol. The molecule has 0 aliphatic carbocycles. The second-order valence-corrected chi connectivity index (χ2v) is 14.0. The number of ether oxygens (including phenoxy) is 3. The lowest BCUT2D eigenvalue weighted by Crippen LogP contribution is -2.42. The van der Waals surface area contributed by atoms with E-state index in [-0.39, 0.29) is 42.2 Å². The second-order valence-electron chi connectivity index (χ2n) is 12.5. The second kappa shape index (κ2) is 18.6. The van der Waals surface area contributed by atoms with Crippen LogP contribution in [-0.2, 0) is 23.3 Å². The fourth-order valence-electron chi connectivity index (χ4n) is 5.72. The lowest BCUT2D eigenvalue weighted by molar-refractivity contribution is -0.0588. The fourth-order valence-corrected chi connectivity index (χ4v) is 7.32. The van der Waals surface area contributed by atoms with Crippen molar-refractivity contribution in [3.8, 4) is 0 Å². The maximum atomic E-state index is 13.6. The molecule has 13 nitrogen and oxygen atoms in total. The molecule has 1 aliphatic rings. The van der Waals surface area contributed by atoms with Crippen LogP contribution >= 0.6 is 8.53 Å². The molecule has 5 atom stereocenters. The van der Waals surface area contributed by atoms with E-state index in [1.807, 2.05) is 27.7 Å². The Morgan fingerprint density at radius 3 is 1.87 bits per heavy atom. The molecule has 278 valence electrons. The highest BCUT2D eigenvalue weighted by Crippen LogP contribution is 2.47. The maximum Gasteiger partial charge on any atom is 0.351 e. The summed E-state index contributed by atoms with van der Waals surface area (Å²) >= 11 is 0. The zero-order chi connectivity index (χ0) is 37.9. The highest BCUT2D eigenvalue weighted by atomic mass is 31.2. The standard InChI is InChI=1S/C39H43N4O9P/c1-6-24-48-53(43(26(2)3)27(4)5)49-25-31-33(51-37(45)29-18-12-8-13-19-29)34(52-38(46)30-20-14-9-15-21-30)36(50-31)42-23-22-32(41-39(42)47)40-35(44)28-16-10-7-11-17-28/h6-23,26-27,31,33-34,36H,1,24-25H2,2-5H3,(H,40,41,44,47)/t31-,33-,34-,36-,53?/m1/s1. The van der Waals surface area contributed by atoms with E-state index in [1.54, 1.807) is 97.1 Å². The summed E-state index contributed by atoms with van der Waals surface area (Å²) in [5.41, 5.74) is 0.0402. The Balaban J connectivity index is 1.51. The van der Waals surface area contributed by atoms with Gasteiger partial charge in [-0.2, -0.15) is 4.98 Å². The number of rotatable bonds is 16. The van der Waals surface area contributed by atoms with Crippen molar-refractivity contribution in [2.45, 2.75) is 64.3 Å². The maximum absolute atomic E-state index is 13.6. The number of esters is 2. The van der Waals surface area contributed by atoms with Crippen molar-refractivity contribution in [1.82, 2.24) is 14.2 Å². The van der Waals surface area contributed by atoms with Gasteiger partial charge in [-0.25, -0.2) is 19.1 Å². The van der Waals surface area contributed by atoms with Crippen molar-refractivity contribution < 1.29 is 37.6 Å². The van der Waals surface area contributed by atoms with Crippen molar-refractivity contribution >= 4 is 32.2 Å². The Hall–Kier alpha value is -5.04. The minimum atomic E-state index is -1.67. The molecule has 1 saturated heterocycles. The Bertz CT molecular complexity index is 1890. The summed E-state index contributed by atoms with van der Waals surface area (Å²) in [7, 11) is -1.67. The number of aromatic nitrogens is 2. The van der Waals surface area contributed by atoms with E-state index < -0.39 is 56.6 Å². The normalized spacial score (nSPS) is 18.8. The third kappa shape index (κ3) is 10.1. The zero-order valence-corrected chi connectivity index (χ0v) is 30.8. The summed E-state index contributed by atoms with van der Waals surface area (Å²) in [5.74, 6) is -1.90. The molecule has 14 heteroatoms. The summed E-state index contributed by atoms with van der Waals surface area (Å²) in [5, 5.41) is 2.62. The highest BCUT2D eigenvalue weighted by Gasteiger charge is 2.52. The Kier molecular flexibility index (Phi) is 13.8. The van der Waals surface area contributed by atoms with Gasteiger partial charge < -0.3 is 28.6 Å². The van der Waals surface area contributed by atoms with Gasteiger partial charge in [-0.15, -0.1) is 6.58 Å². The van der Waals surface area contributed by atoms with E-state index in [4.69, 9.17) is 23.3 Å². The van der Waals surface area contributed by atoms with Crippen LogP contribution in [-0.4, -0.2) is 75.7 Å². The number of anilines is 1. The molecule has 3 aromatic carbocycles. The van der Waals surface area contributed by atoms with Gasteiger partial charge in [0.15, 0.2) is 18.4 Å². The Labute approximate surface area is 309 Å². The molecule has 53 heavy (non-hydrogen) atoms. The fraction of sp³-hybridized carbons (Fsp3) is 0.308. The number of nitrogens with one attached hydrogen (secondary N) is 1. The van der Waals surface area contributed by atoms with Crippen LogP contribution in [0.2, 0.25) is 0 Å². The molecule has 0 spiro atoms. The predicted octanol–water partition coefficient (Wildman–Crippen LogP) is 6.41. The average molecular weight is 743 g/mol. The summed E-state index contributed by atoms with van der Waals surface area (Å²) in [6.07, 6.45) is -2.00. The van der Waals surface area contributed by atoms with Gasteiger partial charge in [-0.3, -0.25) is 9.36 Å². The number of amides is 1. The topological polar surface area (TPSA) is 148 Å². The minimum Gasteiger partial charge on any atom is -0.452 e. The van der Waals surface area contributed by atoms with E-state index in [1.165, 1.54) is 12.3 Å². The SMILES string of the molecule is C=CCOP(OC[C@H]1O[C@@H](n2ccc(NC(=O)c3ccccc3)nc2=O)[C@H](OC(=O)c2ccccc2)[C@@H]1OC(=O)c1ccccc1)N(C(C)C)C(C)C. The first kappa shape index (κ1) is 39.2. The Morgan fingerprint density at radius 2 is 1.36 bits per heavy atom. The van der Waals surface area contributed by atoms with Gasteiger partial charge in [0, 0.05) is 23.8 Å². The number of carbonyl (C=O) groups is 3. The summed E-state index contributed by atoms with van der Waals surface area (Å²) in [6.45, 7) is 11.9. The van der Waals surface area contributed by atoms with Crippen LogP contribution in [0.5, 0.6) is 0 Å². The number of carbonyl (C=O) groups excluding carboxylic acids is 3. The molecular weight excluding hydrogens is 699 g/mol. The molecule has 0 radical (unpaired) electrons. The molecule has 1 fully saturated rings. The van der Waals surface area contributed by atoms with Crippen LogP contribution in [0.4, 0.5) is 5.82 Å². The van der Waals surface area contributed by atoms with Gasteiger partial charge in [-0.05, 0) is 70.2 Å². The van der Waals surface area contributed by atoms with Gasteiger partial charge in [0.05, 0.1) is 24.3 Å². The van der Waals surface area contributed by atoms with Gasteiger partial charge >= 0.3 is 17.6 Å². The van der Waals surface area contributed by atoms with Crippen molar-refractivity contribution in [2.24, 2.45) is 0 Å². The number of hydrogen-bond acceptors (Lipinski definition) is 11.